The molecule has 1 aromatic carbocycles. The normalized spacial score (nSPS) is 18.9. The average Bonchev–Trinajstić information content (AvgIpc) is 3.27. The zero-order valence-corrected chi connectivity index (χ0v) is 18.2. The summed E-state index contributed by atoms with van der Waals surface area (Å²) < 4.78 is 20.0. The van der Waals surface area contributed by atoms with E-state index in [9.17, 15) is 0 Å². The molecule has 0 unspecified atom stereocenters. The third kappa shape index (κ3) is 5.05. The Balaban J connectivity index is 1.36. The summed E-state index contributed by atoms with van der Waals surface area (Å²) in [4.78, 5) is 6.58. The van der Waals surface area contributed by atoms with Gasteiger partial charge in [0.05, 0.1) is 32.3 Å². The molecule has 1 saturated heterocycles. The van der Waals surface area contributed by atoms with Crippen molar-refractivity contribution in [3.63, 3.8) is 0 Å². The Morgan fingerprint density at radius 1 is 1.23 bits per heavy atom. The number of piperidine rings is 1. The van der Waals surface area contributed by atoms with E-state index in [-0.39, 0.29) is 5.60 Å². The quantitative estimate of drug-likeness (QED) is 0.484. The van der Waals surface area contributed by atoms with Crippen LogP contribution in [-0.4, -0.2) is 53.5 Å². The van der Waals surface area contributed by atoms with Gasteiger partial charge >= 0.3 is 0 Å². The first-order chi connectivity index (χ1) is 14.7. The zero-order valence-electron chi connectivity index (χ0n) is 18.2. The molecule has 2 aromatic rings. The third-order valence-electron chi connectivity index (χ3n) is 6.14. The van der Waals surface area contributed by atoms with E-state index in [1.165, 1.54) is 11.1 Å². The van der Waals surface area contributed by atoms with E-state index in [1.807, 2.05) is 24.7 Å². The molecule has 6 heteroatoms. The summed E-state index contributed by atoms with van der Waals surface area (Å²) in [5.41, 5.74) is 2.61. The summed E-state index contributed by atoms with van der Waals surface area (Å²) in [6.45, 7) is 7.55. The van der Waals surface area contributed by atoms with E-state index < -0.39 is 0 Å². The molecule has 0 aliphatic carbocycles. The number of hydrogen-bond acceptors (Lipinski definition) is 5. The van der Waals surface area contributed by atoms with Gasteiger partial charge in [-0.1, -0.05) is 23.8 Å². The van der Waals surface area contributed by atoms with Crippen molar-refractivity contribution in [1.82, 2.24) is 14.5 Å². The number of aromatic nitrogens is 2. The van der Waals surface area contributed by atoms with Gasteiger partial charge in [-0.25, -0.2) is 4.98 Å². The third-order valence-corrected chi connectivity index (χ3v) is 6.14. The number of rotatable bonds is 8. The summed E-state index contributed by atoms with van der Waals surface area (Å²) in [5.74, 6) is 1.67. The van der Waals surface area contributed by atoms with E-state index in [0.29, 0.717) is 6.61 Å². The Bertz CT molecular complexity index is 839. The Hall–Kier alpha value is -2.31. The highest BCUT2D eigenvalue weighted by Gasteiger charge is 2.35. The second kappa shape index (κ2) is 9.67. The molecule has 1 spiro atoms. The Labute approximate surface area is 179 Å². The molecule has 1 aromatic heterocycles. The van der Waals surface area contributed by atoms with Crippen LogP contribution in [0.2, 0.25) is 0 Å². The van der Waals surface area contributed by atoms with Crippen molar-refractivity contribution < 1.29 is 14.2 Å². The molecule has 0 saturated carbocycles. The maximum absolute atomic E-state index is 6.20. The van der Waals surface area contributed by atoms with Gasteiger partial charge in [0.25, 0.3) is 0 Å². The fourth-order valence-electron chi connectivity index (χ4n) is 4.45. The van der Waals surface area contributed by atoms with Crippen molar-refractivity contribution in [2.75, 3.05) is 33.4 Å². The van der Waals surface area contributed by atoms with Gasteiger partial charge < -0.3 is 18.8 Å². The minimum Gasteiger partial charge on any atom is -0.493 e. The molecule has 0 bridgehead atoms. The summed E-state index contributed by atoms with van der Waals surface area (Å²) in [5, 5.41) is 0. The first kappa shape index (κ1) is 20.9. The molecule has 0 atom stereocenters. The fourth-order valence-corrected chi connectivity index (χ4v) is 4.45. The van der Waals surface area contributed by atoms with Gasteiger partial charge in [-0.3, -0.25) is 4.90 Å². The molecule has 2 aliphatic heterocycles. The van der Waals surface area contributed by atoms with E-state index in [2.05, 4.69) is 33.5 Å². The molecular formula is C24H33N3O3. The lowest BCUT2D eigenvalue weighted by Gasteiger charge is -2.42. The van der Waals surface area contributed by atoms with Crippen molar-refractivity contribution in [3.8, 4) is 11.5 Å². The molecule has 0 amide bonds. The molecule has 1 fully saturated rings. The van der Waals surface area contributed by atoms with Crippen molar-refractivity contribution in [2.45, 2.75) is 51.3 Å². The fraction of sp³-hybridized carbons (Fsp3) is 0.542. The van der Waals surface area contributed by atoms with Crippen molar-refractivity contribution in [3.05, 3.63) is 54.1 Å². The second-order valence-corrected chi connectivity index (χ2v) is 8.38. The van der Waals surface area contributed by atoms with Crippen LogP contribution in [0.3, 0.4) is 0 Å². The molecule has 0 N–H and O–H groups in total. The minimum atomic E-state index is -0.0418. The molecule has 162 valence electrons. The number of para-hydroxylation sites is 1. The van der Waals surface area contributed by atoms with Gasteiger partial charge in [0, 0.05) is 44.1 Å². The predicted molar refractivity (Wildman–Crippen MR) is 117 cm³/mol. The maximum Gasteiger partial charge on any atom is 0.165 e. The number of likely N-dealkylation sites (tertiary alicyclic amines) is 1. The van der Waals surface area contributed by atoms with E-state index in [4.69, 9.17) is 14.2 Å². The Morgan fingerprint density at radius 3 is 2.83 bits per heavy atom. The van der Waals surface area contributed by atoms with Gasteiger partial charge in [0.1, 0.15) is 0 Å². The van der Waals surface area contributed by atoms with Crippen molar-refractivity contribution >= 4 is 0 Å². The van der Waals surface area contributed by atoms with Gasteiger partial charge in [0.15, 0.2) is 11.5 Å². The molecule has 6 nitrogen and oxygen atoms in total. The monoisotopic (exact) mass is 411 g/mol. The number of imidazole rings is 1. The second-order valence-electron chi connectivity index (χ2n) is 8.38. The van der Waals surface area contributed by atoms with Crippen molar-refractivity contribution in [2.24, 2.45) is 0 Å². The van der Waals surface area contributed by atoms with Crippen LogP contribution in [0.4, 0.5) is 0 Å². The highest BCUT2D eigenvalue weighted by Crippen LogP contribution is 2.36. The average molecular weight is 412 g/mol. The van der Waals surface area contributed by atoms with Crippen LogP contribution in [0.25, 0.3) is 0 Å². The standard InChI is InChI=1S/C24H33N3O3/c1-20-7-16-30-24(17-20)8-12-26(13-9-24)18-21-5-3-6-22(28-2)23(21)29-15-4-11-27-14-10-25-19-27/h3,5-6,10,14,17,19H,4,7-9,11-13,15-16,18H2,1-2H3. The minimum absolute atomic E-state index is 0.0418. The molecule has 3 heterocycles. The van der Waals surface area contributed by atoms with E-state index in [1.54, 1.807) is 13.3 Å². The van der Waals surface area contributed by atoms with Gasteiger partial charge in [-0.2, -0.15) is 0 Å². The molecular weight excluding hydrogens is 378 g/mol. The highest BCUT2D eigenvalue weighted by atomic mass is 16.5. The van der Waals surface area contributed by atoms with Crippen LogP contribution in [-0.2, 0) is 17.8 Å². The molecule has 2 aliphatic rings. The maximum atomic E-state index is 6.20. The zero-order chi connectivity index (χ0) is 20.8. The number of methoxy groups -OCH3 is 1. The number of aryl methyl sites for hydroxylation is 1. The van der Waals surface area contributed by atoms with Crippen LogP contribution >= 0.6 is 0 Å². The highest BCUT2D eigenvalue weighted by molar-refractivity contribution is 5.46. The van der Waals surface area contributed by atoms with Crippen molar-refractivity contribution in [1.29, 1.82) is 0 Å². The van der Waals surface area contributed by atoms with E-state index >= 15 is 0 Å². The lowest BCUT2D eigenvalue weighted by atomic mass is 9.87. The Morgan fingerprint density at radius 2 is 2.10 bits per heavy atom. The van der Waals surface area contributed by atoms with Gasteiger partial charge in [0.2, 0.25) is 0 Å². The molecule has 4 rings (SSSR count). The van der Waals surface area contributed by atoms with Gasteiger partial charge in [-0.05, 0) is 38.7 Å². The lowest BCUT2D eigenvalue weighted by Crippen LogP contribution is -2.46. The molecule has 30 heavy (non-hydrogen) atoms. The number of benzene rings is 1. The van der Waals surface area contributed by atoms with Gasteiger partial charge in [-0.15, -0.1) is 0 Å². The number of hydrogen-bond donors (Lipinski definition) is 0. The summed E-state index contributed by atoms with van der Waals surface area (Å²) >= 11 is 0. The number of nitrogens with zero attached hydrogens (tertiary/aromatic N) is 3. The summed E-state index contributed by atoms with van der Waals surface area (Å²) in [6, 6.07) is 6.18. The van der Waals surface area contributed by atoms with Crippen LogP contribution < -0.4 is 9.47 Å². The van der Waals surface area contributed by atoms with Crippen LogP contribution in [0.5, 0.6) is 11.5 Å². The topological polar surface area (TPSA) is 48.8 Å². The van der Waals surface area contributed by atoms with Crippen LogP contribution in [0.15, 0.2) is 48.6 Å². The van der Waals surface area contributed by atoms with Crippen LogP contribution in [0, 0.1) is 0 Å². The summed E-state index contributed by atoms with van der Waals surface area (Å²) in [6.07, 6.45) is 12.1. The SMILES string of the molecule is COc1cccc(CN2CCC3(C=C(C)CCO3)CC2)c1OCCCn1ccnc1. The first-order valence-electron chi connectivity index (χ1n) is 11.0. The lowest BCUT2D eigenvalue weighted by molar-refractivity contribution is -0.0577. The van der Waals surface area contributed by atoms with E-state index in [0.717, 1.165) is 70.0 Å². The largest absolute Gasteiger partial charge is 0.493 e. The summed E-state index contributed by atoms with van der Waals surface area (Å²) in [7, 11) is 1.71. The smallest absolute Gasteiger partial charge is 0.165 e. The van der Waals surface area contributed by atoms with Crippen LogP contribution in [0.1, 0.15) is 38.2 Å². The predicted octanol–water partition coefficient (Wildman–Crippen LogP) is 4.06. The Kier molecular flexibility index (Phi) is 6.75. The number of ether oxygens (including phenoxy) is 3. The first-order valence-corrected chi connectivity index (χ1v) is 11.0. The molecule has 0 radical (unpaired) electrons.